The first-order chi connectivity index (χ1) is 9.51. The maximum atomic E-state index is 11.3. The van der Waals surface area contributed by atoms with Crippen molar-refractivity contribution in [3.8, 4) is 5.75 Å². The van der Waals surface area contributed by atoms with E-state index in [1.165, 1.54) is 16.4 Å². The third-order valence-electron chi connectivity index (χ3n) is 2.61. The second-order valence-electron chi connectivity index (χ2n) is 4.06. The van der Waals surface area contributed by atoms with E-state index in [0.717, 1.165) is 5.56 Å². The number of nitrogen functional groups attached to an aromatic ring is 1. The monoisotopic (exact) mass is 294 g/mol. The number of nitrogens with zero attached hydrogens (tertiary/aromatic N) is 2. The number of hydrogen-bond donors (Lipinski definition) is 2. The molecule has 7 nitrogen and oxygen atoms in total. The first-order valence-electron chi connectivity index (χ1n) is 5.74. The highest BCUT2D eigenvalue weighted by molar-refractivity contribution is 7.98. The van der Waals surface area contributed by atoms with Gasteiger partial charge in [-0.1, -0.05) is 11.8 Å². The molecule has 1 aromatic carbocycles. The molecule has 0 aliphatic rings. The van der Waals surface area contributed by atoms with Crippen LogP contribution in [0.5, 0.6) is 5.75 Å². The van der Waals surface area contributed by atoms with Crippen LogP contribution in [0, 0.1) is 0 Å². The molecule has 20 heavy (non-hydrogen) atoms. The number of rotatable bonds is 4. The van der Waals surface area contributed by atoms with Crippen LogP contribution in [0.3, 0.4) is 0 Å². The molecule has 1 heterocycles. The summed E-state index contributed by atoms with van der Waals surface area (Å²) in [6.07, 6.45) is 0. The Hall–Kier alpha value is -2.22. The largest absolute Gasteiger partial charge is 0.496 e. The first kappa shape index (κ1) is 14.2. The van der Waals surface area contributed by atoms with Gasteiger partial charge in [0.1, 0.15) is 5.75 Å². The second-order valence-corrected chi connectivity index (χ2v) is 5.00. The fraction of sp³-hybridized carbons (Fsp3) is 0.250. The average molecular weight is 294 g/mol. The second kappa shape index (κ2) is 5.83. The van der Waals surface area contributed by atoms with Gasteiger partial charge in [0.15, 0.2) is 5.16 Å². The number of nitrogens with one attached hydrogen (secondary N) is 1. The van der Waals surface area contributed by atoms with Crippen molar-refractivity contribution in [2.75, 3.05) is 12.8 Å². The third kappa shape index (κ3) is 3.02. The molecule has 2 rings (SSSR count). The number of aromatic amines is 1. The van der Waals surface area contributed by atoms with Crippen molar-refractivity contribution >= 4 is 17.4 Å². The van der Waals surface area contributed by atoms with Gasteiger partial charge in [0.25, 0.3) is 0 Å². The SMILES string of the molecule is COc1ccc(N)cc1CSc1nc(=O)c(=O)[nH]n1C. The zero-order chi connectivity index (χ0) is 14.7. The maximum Gasteiger partial charge on any atom is 0.339 e. The summed E-state index contributed by atoms with van der Waals surface area (Å²) in [7, 11) is 3.19. The Balaban J connectivity index is 2.25. The summed E-state index contributed by atoms with van der Waals surface area (Å²) in [5, 5.41) is 2.81. The molecule has 0 unspecified atom stereocenters. The highest BCUT2D eigenvalue weighted by Gasteiger charge is 2.08. The van der Waals surface area contributed by atoms with Gasteiger partial charge in [-0.15, -0.1) is 0 Å². The standard InChI is InChI=1S/C12H14N4O3S/c1-16-12(14-10(17)11(18)15-16)20-6-7-5-8(13)3-4-9(7)19-2/h3-5H,6,13H2,1-2H3,(H,15,18). The number of nitrogens with two attached hydrogens (primary N) is 1. The lowest BCUT2D eigenvalue weighted by Gasteiger charge is -2.10. The molecule has 1 aromatic heterocycles. The molecular formula is C12H14N4O3S. The van der Waals surface area contributed by atoms with Crippen LogP contribution in [0.1, 0.15) is 5.56 Å². The Bertz CT molecular complexity index is 738. The predicted molar refractivity (Wildman–Crippen MR) is 77.1 cm³/mol. The minimum Gasteiger partial charge on any atom is -0.496 e. The molecule has 0 saturated carbocycles. The Kier molecular flexibility index (Phi) is 4.14. The molecule has 8 heteroatoms. The molecule has 0 aliphatic carbocycles. The number of methoxy groups -OCH3 is 1. The van der Waals surface area contributed by atoms with Gasteiger partial charge in [0.05, 0.1) is 7.11 Å². The fourth-order valence-corrected chi connectivity index (χ4v) is 2.54. The van der Waals surface area contributed by atoms with E-state index in [9.17, 15) is 9.59 Å². The van der Waals surface area contributed by atoms with E-state index in [4.69, 9.17) is 10.5 Å². The molecule has 0 atom stereocenters. The zero-order valence-corrected chi connectivity index (χ0v) is 11.9. The number of aromatic nitrogens is 3. The van der Waals surface area contributed by atoms with Crippen LogP contribution in [0.4, 0.5) is 5.69 Å². The predicted octanol–water partition coefficient (Wildman–Crippen LogP) is 0.352. The molecule has 0 amide bonds. The summed E-state index contributed by atoms with van der Waals surface area (Å²) in [5.41, 5.74) is 5.72. The number of anilines is 1. The molecule has 0 saturated heterocycles. The van der Waals surface area contributed by atoms with E-state index in [1.54, 1.807) is 32.4 Å². The Labute approximate surface area is 118 Å². The Morgan fingerprint density at radius 2 is 2.20 bits per heavy atom. The van der Waals surface area contributed by atoms with Crippen LogP contribution >= 0.6 is 11.8 Å². The lowest BCUT2D eigenvalue weighted by atomic mass is 10.2. The number of ether oxygens (including phenoxy) is 1. The maximum absolute atomic E-state index is 11.3. The molecule has 0 bridgehead atoms. The minimum atomic E-state index is -0.801. The average Bonchev–Trinajstić information content (AvgIpc) is 2.41. The van der Waals surface area contributed by atoms with Crippen molar-refractivity contribution in [2.45, 2.75) is 10.9 Å². The molecular weight excluding hydrogens is 280 g/mol. The van der Waals surface area contributed by atoms with Crippen LogP contribution in [0.25, 0.3) is 0 Å². The Morgan fingerprint density at radius 3 is 2.90 bits per heavy atom. The van der Waals surface area contributed by atoms with Gasteiger partial charge < -0.3 is 10.5 Å². The van der Waals surface area contributed by atoms with Crippen molar-refractivity contribution in [3.05, 3.63) is 44.5 Å². The first-order valence-corrected chi connectivity index (χ1v) is 6.72. The highest BCUT2D eigenvalue weighted by Crippen LogP contribution is 2.27. The number of hydrogen-bond acceptors (Lipinski definition) is 6. The molecule has 0 aliphatic heterocycles. The third-order valence-corrected chi connectivity index (χ3v) is 3.69. The van der Waals surface area contributed by atoms with Gasteiger partial charge in [-0.05, 0) is 18.2 Å². The van der Waals surface area contributed by atoms with Gasteiger partial charge in [0.2, 0.25) is 0 Å². The number of aryl methyl sites for hydroxylation is 1. The summed E-state index contributed by atoms with van der Waals surface area (Å²) < 4.78 is 6.66. The molecule has 2 aromatic rings. The van der Waals surface area contributed by atoms with Crippen molar-refractivity contribution in [2.24, 2.45) is 7.05 Å². The van der Waals surface area contributed by atoms with E-state index in [2.05, 4.69) is 10.1 Å². The molecule has 106 valence electrons. The van der Waals surface area contributed by atoms with Gasteiger partial charge in [-0.25, -0.2) is 0 Å². The minimum absolute atomic E-state index is 0.416. The number of H-pyrrole nitrogens is 1. The smallest absolute Gasteiger partial charge is 0.339 e. The molecule has 3 N–H and O–H groups in total. The number of benzene rings is 1. The summed E-state index contributed by atoms with van der Waals surface area (Å²) >= 11 is 1.31. The quantitative estimate of drug-likeness (QED) is 0.479. The molecule has 0 spiro atoms. The van der Waals surface area contributed by atoms with Gasteiger partial charge in [0, 0.05) is 24.1 Å². The highest BCUT2D eigenvalue weighted by atomic mass is 32.2. The Morgan fingerprint density at radius 1 is 1.45 bits per heavy atom. The van der Waals surface area contributed by atoms with E-state index in [0.29, 0.717) is 22.3 Å². The van der Waals surface area contributed by atoms with Crippen molar-refractivity contribution in [1.82, 2.24) is 14.8 Å². The van der Waals surface area contributed by atoms with Crippen molar-refractivity contribution < 1.29 is 4.74 Å². The summed E-state index contributed by atoms with van der Waals surface area (Å²) in [5.74, 6) is 1.22. The van der Waals surface area contributed by atoms with Gasteiger partial charge >= 0.3 is 11.1 Å². The van der Waals surface area contributed by atoms with Crippen LogP contribution in [0.2, 0.25) is 0 Å². The van der Waals surface area contributed by atoms with E-state index in [1.807, 2.05) is 0 Å². The van der Waals surface area contributed by atoms with Crippen molar-refractivity contribution in [3.63, 3.8) is 0 Å². The van der Waals surface area contributed by atoms with E-state index >= 15 is 0 Å². The summed E-state index contributed by atoms with van der Waals surface area (Å²) in [6.45, 7) is 0. The topological polar surface area (TPSA) is 103 Å². The zero-order valence-electron chi connectivity index (χ0n) is 11.0. The summed E-state index contributed by atoms with van der Waals surface area (Å²) in [4.78, 5) is 26.1. The van der Waals surface area contributed by atoms with Crippen LogP contribution in [-0.4, -0.2) is 21.9 Å². The normalized spacial score (nSPS) is 10.5. The van der Waals surface area contributed by atoms with Gasteiger partial charge in [-0.3, -0.25) is 19.4 Å². The van der Waals surface area contributed by atoms with Crippen LogP contribution in [-0.2, 0) is 12.8 Å². The molecule has 0 radical (unpaired) electrons. The molecule has 0 fully saturated rings. The van der Waals surface area contributed by atoms with Crippen LogP contribution in [0.15, 0.2) is 32.9 Å². The summed E-state index contributed by atoms with van der Waals surface area (Å²) in [6, 6.07) is 5.33. The van der Waals surface area contributed by atoms with E-state index < -0.39 is 11.1 Å². The van der Waals surface area contributed by atoms with Crippen LogP contribution < -0.4 is 21.6 Å². The van der Waals surface area contributed by atoms with Gasteiger partial charge in [-0.2, -0.15) is 4.98 Å². The lowest BCUT2D eigenvalue weighted by molar-refractivity contribution is 0.411. The van der Waals surface area contributed by atoms with Crippen molar-refractivity contribution in [1.29, 1.82) is 0 Å². The fourth-order valence-electron chi connectivity index (χ4n) is 1.64. The van der Waals surface area contributed by atoms with E-state index in [-0.39, 0.29) is 0 Å². The number of thioether (sulfide) groups is 1. The lowest BCUT2D eigenvalue weighted by Crippen LogP contribution is -2.33.